The summed E-state index contributed by atoms with van der Waals surface area (Å²) in [5.41, 5.74) is 4.21. The molecule has 0 unspecified atom stereocenters. The maximum absolute atomic E-state index is 12.8. The van der Waals surface area contributed by atoms with Gasteiger partial charge in [0.05, 0.1) is 17.8 Å². The van der Waals surface area contributed by atoms with Crippen molar-refractivity contribution in [1.82, 2.24) is 20.3 Å². The van der Waals surface area contributed by atoms with Crippen molar-refractivity contribution in [3.8, 4) is 11.3 Å². The highest BCUT2D eigenvalue weighted by Crippen LogP contribution is 2.30. The SMILES string of the molecule is Cc1onc(-c2ccccc2Cl)c1C(=O)NCCn1ncc2c1CCCC2. The Bertz CT molecular complexity index is 976. The summed E-state index contributed by atoms with van der Waals surface area (Å²) < 4.78 is 7.27. The van der Waals surface area contributed by atoms with Crippen LogP contribution >= 0.6 is 11.6 Å². The van der Waals surface area contributed by atoms with Crippen LogP contribution in [0.15, 0.2) is 35.0 Å². The fourth-order valence-corrected chi connectivity index (χ4v) is 3.81. The van der Waals surface area contributed by atoms with Gasteiger partial charge in [-0.2, -0.15) is 5.10 Å². The summed E-state index contributed by atoms with van der Waals surface area (Å²) in [5.74, 6) is 0.253. The van der Waals surface area contributed by atoms with E-state index < -0.39 is 0 Å². The number of hydrogen-bond acceptors (Lipinski definition) is 4. The minimum Gasteiger partial charge on any atom is -0.360 e. The van der Waals surface area contributed by atoms with Gasteiger partial charge < -0.3 is 9.84 Å². The van der Waals surface area contributed by atoms with Crippen molar-refractivity contribution in [2.45, 2.75) is 39.2 Å². The molecule has 2 heterocycles. The molecule has 0 bridgehead atoms. The van der Waals surface area contributed by atoms with Crippen LogP contribution in [0.2, 0.25) is 5.02 Å². The molecule has 0 saturated heterocycles. The lowest BCUT2D eigenvalue weighted by molar-refractivity contribution is 0.0951. The lowest BCUT2D eigenvalue weighted by Crippen LogP contribution is -2.28. The van der Waals surface area contributed by atoms with Gasteiger partial charge in [-0.15, -0.1) is 0 Å². The van der Waals surface area contributed by atoms with E-state index in [1.807, 2.05) is 29.1 Å². The second-order valence-corrected chi connectivity index (χ2v) is 7.15. The van der Waals surface area contributed by atoms with Crippen molar-refractivity contribution >= 4 is 17.5 Å². The van der Waals surface area contributed by atoms with Crippen LogP contribution in [0.4, 0.5) is 0 Å². The zero-order valence-electron chi connectivity index (χ0n) is 15.2. The maximum Gasteiger partial charge on any atom is 0.257 e. The fraction of sp³-hybridized carbons (Fsp3) is 0.350. The van der Waals surface area contributed by atoms with E-state index in [1.165, 1.54) is 24.1 Å². The van der Waals surface area contributed by atoms with Gasteiger partial charge in [0.25, 0.3) is 5.91 Å². The van der Waals surface area contributed by atoms with E-state index in [0.29, 0.717) is 40.7 Å². The molecule has 3 aromatic rings. The lowest BCUT2D eigenvalue weighted by Gasteiger charge is -2.14. The molecule has 6 nitrogen and oxygen atoms in total. The Morgan fingerprint density at radius 2 is 2.11 bits per heavy atom. The third-order valence-electron chi connectivity index (χ3n) is 4.97. The summed E-state index contributed by atoms with van der Waals surface area (Å²) in [6, 6.07) is 7.28. The predicted octanol–water partition coefficient (Wildman–Crippen LogP) is 3.81. The second-order valence-electron chi connectivity index (χ2n) is 6.74. The van der Waals surface area contributed by atoms with Crippen LogP contribution in [0.1, 0.15) is 40.2 Å². The zero-order valence-corrected chi connectivity index (χ0v) is 15.9. The van der Waals surface area contributed by atoms with Gasteiger partial charge in [0.15, 0.2) is 0 Å². The summed E-state index contributed by atoms with van der Waals surface area (Å²) in [6.07, 6.45) is 6.54. The first kappa shape index (κ1) is 17.8. The molecule has 0 atom stereocenters. The number of rotatable bonds is 5. The summed E-state index contributed by atoms with van der Waals surface area (Å²) in [7, 11) is 0. The predicted molar refractivity (Wildman–Crippen MR) is 103 cm³/mol. The molecule has 1 N–H and O–H groups in total. The summed E-state index contributed by atoms with van der Waals surface area (Å²) >= 11 is 6.26. The van der Waals surface area contributed by atoms with Crippen LogP contribution in [-0.4, -0.2) is 27.4 Å². The third kappa shape index (κ3) is 3.49. The molecule has 0 radical (unpaired) electrons. The van der Waals surface area contributed by atoms with E-state index in [-0.39, 0.29) is 5.91 Å². The van der Waals surface area contributed by atoms with Gasteiger partial charge in [0.2, 0.25) is 0 Å². The highest BCUT2D eigenvalue weighted by atomic mass is 35.5. The number of benzene rings is 1. The van der Waals surface area contributed by atoms with Crippen LogP contribution in [0.5, 0.6) is 0 Å². The van der Waals surface area contributed by atoms with Crippen LogP contribution < -0.4 is 5.32 Å². The number of hydrogen-bond donors (Lipinski definition) is 1. The topological polar surface area (TPSA) is 73.0 Å². The first-order valence-electron chi connectivity index (χ1n) is 9.18. The highest BCUT2D eigenvalue weighted by Gasteiger charge is 2.23. The first-order valence-corrected chi connectivity index (χ1v) is 9.56. The first-order chi connectivity index (χ1) is 13.1. The maximum atomic E-state index is 12.8. The van der Waals surface area contributed by atoms with Gasteiger partial charge in [-0.1, -0.05) is 35.0 Å². The Morgan fingerprint density at radius 3 is 2.96 bits per heavy atom. The van der Waals surface area contributed by atoms with Crippen LogP contribution in [0, 0.1) is 6.92 Å². The van der Waals surface area contributed by atoms with Gasteiger partial charge in [-0.25, -0.2) is 0 Å². The number of nitrogens with one attached hydrogen (secondary N) is 1. The van der Waals surface area contributed by atoms with Crippen LogP contribution in [0.25, 0.3) is 11.3 Å². The quantitative estimate of drug-likeness (QED) is 0.726. The van der Waals surface area contributed by atoms with Gasteiger partial charge in [0, 0.05) is 17.8 Å². The van der Waals surface area contributed by atoms with Gasteiger partial charge in [-0.05, 0) is 44.2 Å². The zero-order chi connectivity index (χ0) is 18.8. The number of aromatic nitrogens is 3. The molecule has 0 spiro atoms. The molecule has 2 aromatic heterocycles. The summed E-state index contributed by atoms with van der Waals surface area (Å²) in [5, 5.41) is 12.0. The minimum atomic E-state index is -0.218. The number of carbonyl (C=O) groups is 1. The Kier molecular flexibility index (Phi) is 4.99. The largest absolute Gasteiger partial charge is 0.360 e. The van der Waals surface area contributed by atoms with E-state index in [0.717, 1.165) is 12.8 Å². The van der Waals surface area contributed by atoms with Crippen LogP contribution in [0.3, 0.4) is 0 Å². The lowest BCUT2D eigenvalue weighted by atomic mass is 9.98. The monoisotopic (exact) mass is 384 g/mol. The summed E-state index contributed by atoms with van der Waals surface area (Å²) in [4.78, 5) is 12.8. The highest BCUT2D eigenvalue weighted by molar-refractivity contribution is 6.33. The van der Waals surface area contributed by atoms with Gasteiger partial charge in [0.1, 0.15) is 17.0 Å². The van der Waals surface area contributed by atoms with Crippen molar-refractivity contribution in [3.05, 3.63) is 58.1 Å². The number of carbonyl (C=O) groups excluding carboxylic acids is 1. The normalized spacial score (nSPS) is 13.4. The molecular formula is C20H21ClN4O2. The molecule has 7 heteroatoms. The molecule has 1 aliphatic carbocycles. The standard InChI is InChI=1S/C20H21ClN4O2/c1-13-18(19(24-27-13)15-7-3-4-8-16(15)21)20(26)22-10-11-25-17-9-5-2-6-14(17)12-23-25/h3-4,7-8,12H,2,5-6,9-11H2,1H3,(H,22,26). The van der Waals surface area contributed by atoms with Crippen LogP contribution in [-0.2, 0) is 19.4 Å². The molecule has 1 amide bonds. The Balaban J connectivity index is 1.47. The molecule has 0 fully saturated rings. The Morgan fingerprint density at radius 1 is 1.30 bits per heavy atom. The molecule has 27 heavy (non-hydrogen) atoms. The Labute approximate surface area is 162 Å². The average Bonchev–Trinajstić information content (AvgIpc) is 3.26. The number of aryl methyl sites for hydroxylation is 2. The van der Waals surface area contributed by atoms with Crippen molar-refractivity contribution in [1.29, 1.82) is 0 Å². The smallest absolute Gasteiger partial charge is 0.257 e. The van der Waals surface area contributed by atoms with E-state index in [9.17, 15) is 4.79 Å². The molecule has 4 rings (SSSR count). The second kappa shape index (κ2) is 7.56. The molecule has 1 aliphatic rings. The van der Waals surface area contributed by atoms with E-state index in [1.54, 1.807) is 13.0 Å². The summed E-state index contributed by atoms with van der Waals surface area (Å²) in [6.45, 7) is 2.86. The van der Waals surface area contributed by atoms with Gasteiger partial charge >= 0.3 is 0 Å². The number of fused-ring (bicyclic) bond motifs is 1. The van der Waals surface area contributed by atoms with Crippen molar-refractivity contribution < 1.29 is 9.32 Å². The van der Waals surface area contributed by atoms with Gasteiger partial charge in [-0.3, -0.25) is 9.48 Å². The number of amides is 1. The molecular weight excluding hydrogens is 364 g/mol. The number of halogens is 1. The van der Waals surface area contributed by atoms with E-state index >= 15 is 0 Å². The molecule has 0 aliphatic heterocycles. The Hall–Kier alpha value is -2.60. The van der Waals surface area contributed by atoms with E-state index in [4.69, 9.17) is 16.1 Å². The number of nitrogens with zero attached hydrogens (tertiary/aromatic N) is 3. The molecule has 1 aromatic carbocycles. The van der Waals surface area contributed by atoms with E-state index in [2.05, 4.69) is 15.6 Å². The van der Waals surface area contributed by atoms with Crippen molar-refractivity contribution in [2.75, 3.05) is 6.54 Å². The molecule has 0 saturated carbocycles. The minimum absolute atomic E-state index is 0.218. The van der Waals surface area contributed by atoms with Crippen molar-refractivity contribution in [2.24, 2.45) is 0 Å². The third-order valence-corrected chi connectivity index (χ3v) is 5.30. The van der Waals surface area contributed by atoms with Crippen molar-refractivity contribution in [3.63, 3.8) is 0 Å². The average molecular weight is 385 g/mol. The fourth-order valence-electron chi connectivity index (χ4n) is 3.59. The molecule has 140 valence electrons.